The van der Waals surface area contributed by atoms with Crippen molar-refractivity contribution in [2.75, 3.05) is 32.9 Å². The summed E-state index contributed by atoms with van der Waals surface area (Å²) in [6.07, 6.45) is 0. The van der Waals surface area contributed by atoms with E-state index in [1.807, 2.05) is 38.1 Å². The van der Waals surface area contributed by atoms with Gasteiger partial charge in [0.1, 0.15) is 11.0 Å². The van der Waals surface area contributed by atoms with Crippen molar-refractivity contribution in [2.24, 2.45) is 0 Å². The molecule has 170 valence electrons. The fourth-order valence-electron chi connectivity index (χ4n) is 3.62. The van der Waals surface area contributed by atoms with Crippen LogP contribution in [-0.4, -0.2) is 66.7 Å². The zero-order valence-electron chi connectivity index (χ0n) is 17.9. The van der Waals surface area contributed by atoms with Gasteiger partial charge in [-0.25, -0.2) is 8.42 Å². The molecule has 1 aliphatic rings. The number of nitrogens with zero attached hydrogens (tertiary/aromatic N) is 4. The van der Waals surface area contributed by atoms with Crippen molar-refractivity contribution in [3.8, 4) is 0 Å². The normalized spacial score (nSPS) is 16.1. The maximum atomic E-state index is 12.9. The van der Waals surface area contributed by atoms with E-state index in [1.165, 1.54) is 16.4 Å². The molecule has 10 nitrogen and oxygen atoms in total. The molecule has 1 saturated heterocycles. The molecule has 2 heterocycles. The smallest absolute Gasteiger partial charge is 0.261 e. The Morgan fingerprint density at radius 3 is 2.72 bits per heavy atom. The summed E-state index contributed by atoms with van der Waals surface area (Å²) in [4.78, 5) is 19.1. The van der Waals surface area contributed by atoms with Gasteiger partial charge in [0.2, 0.25) is 10.0 Å². The van der Waals surface area contributed by atoms with Gasteiger partial charge in [0.05, 0.1) is 24.2 Å². The number of carbonyl (C=O) groups is 1. The first kappa shape index (κ1) is 22.2. The van der Waals surface area contributed by atoms with E-state index in [0.717, 1.165) is 16.0 Å². The number of ether oxygens (including phenoxy) is 1. The lowest BCUT2D eigenvalue weighted by molar-refractivity contribution is -0.127. The third-order valence-electron chi connectivity index (χ3n) is 5.34. The second kappa shape index (κ2) is 9.23. The maximum Gasteiger partial charge on any atom is 0.261 e. The number of hydrogen-bond donors (Lipinski definition) is 1. The average molecular weight is 460 g/mol. The number of fused-ring (bicyclic) bond motifs is 1. The predicted octanol–water partition coefficient (Wildman–Crippen LogP) is 1.07. The highest BCUT2D eigenvalue weighted by molar-refractivity contribution is 7.89. The maximum absolute atomic E-state index is 12.9. The Labute approximate surface area is 186 Å². The first-order chi connectivity index (χ1) is 15.4. The lowest BCUT2D eigenvalue weighted by Crippen LogP contribution is -2.40. The Kier molecular flexibility index (Phi) is 6.40. The third kappa shape index (κ3) is 4.59. The van der Waals surface area contributed by atoms with Crippen LogP contribution in [-0.2, 0) is 19.6 Å². The van der Waals surface area contributed by atoms with E-state index in [9.17, 15) is 13.2 Å². The summed E-state index contributed by atoms with van der Waals surface area (Å²) >= 11 is 0. The highest BCUT2D eigenvalue weighted by Crippen LogP contribution is 2.21. The first-order valence-corrected chi connectivity index (χ1v) is 11.7. The van der Waals surface area contributed by atoms with Crippen molar-refractivity contribution < 1.29 is 22.8 Å². The minimum absolute atomic E-state index is 0.108. The van der Waals surface area contributed by atoms with Crippen LogP contribution in [0.15, 0.2) is 47.4 Å². The van der Waals surface area contributed by atoms with Crippen molar-refractivity contribution in [3.05, 3.63) is 53.6 Å². The molecule has 1 atom stereocenters. The van der Waals surface area contributed by atoms with Crippen LogP contribution in [0.1, 0.15) is 24.1 Å². The number of morpholine rings is 1. The predicted molar refractivity (Wildman–Crippen MR) is 116 cm³/mol. The molecule has 1 aromatic heterocycles. The number of aromatic nitrogens is 3. The van der Waals surface area contributed by atoms with Crippen LogP contribution in [0.3, 0.4) is 0 Å². The zero-order chi connectivity index (χ0) is 22.7. The number of rotatable bonds is 7. The minimum atomic E-state index is -3.68. The molecule has 0 bridgehead atoms. The van der Waals surface area contributed by atoms with E-state index in [0.29, 0.717) is 37.3 Å². The molecule has 1 N–H and O–H groups in total. The SMILES string of the molecule is Cc1ccccc1C(C)NC(=O)COn1nnc2ccc(S(=O)(=O)N3CCOCC3)cc21. The molecule has 11 heteroatoms. The van der Waals surface area contributed by atoms with Gasteiger partial charge >= 0.3 is 0 Å². The molecule has 1 unspecified atom stereocenters. The van der Waals surface area contributed by atoms with Crippen molar-refractivity contribution in [1.29, 1.82) is 0 Å². The van der Waals surface area contributed by atoms with Crippen LogP contribution in [0.2, 0.25) is 0 Å². The number of sulfonamides is 1. The van der Waals surface area contributed by atoms with Crippen LogP contribution >= 0.6 is 0 Å². The van der Waals surface area contributed by atoms with Crippen molar-refractivity contribution in [2.45, 2.75) is 24.8 Å². The Bertz CT molecular complexity index is 1220. The summed E-state index contributed by atoms with van der Waals surface area (Å²) < 4.78 is 32.5. The fraction of sp³-hybridized carbons (Fsp3) is 0.381. The number of benzene rings is 2. The molecule has 0 aliphatic carbocycles. The Hall–Kier alpha value is -3.02. The third-order valence-corrected chi connectivity index (χ3v) is 7.24. The zero-order valence-corrected chi connectivity index (χ0v) is 18.7. The number of aryl methyl sites for hydroxylation is 1. The van der Waals surface area contributed by atoms with Gasteiger partial charge in [0, 0.05) is 13.1 Å². The molecular weight excluding hydrogens is 434 g/mol. The molecular formula is C21H25N5O5S. The lowest BCUT2D eigenvalue weighted by Gasteiger charge is -2.26. The molecule has 1 fully saturated rings. The number of hydrogen-bond acceptors (Lipinski definition) is 7. The molecule has 0 radical (unpaired) electrons. The number of amides is 1. The van der Waals surface area contributed by atoms with Gasteiger partial charge in [-0.2, -0.15) is 4.31 Å². The summed E-state index contributed by atoms with van der Waals surface area (Å²) in [7, 11) is -3.68. The largest absolute Gasteiger partial charge is 0.385 e. The van der Waals surface area contributed by atoms with Gasteiger partial charge in [0.25, 0.3) is 5.91 Å². The average Bonchev–Trinajstić information content (AvgIpc) is 3.21. The highest BCUT2D eigenvalue weighted by Gasteiger charge is 2.27. The topological polar surface area (TPSA) is 116 Å². The summed E-state index contributed by atoms with van der Waals surface area (Å²) in [5.41, 5.74) is 2.92. The van der Waals surface area contributed by atoms with Gasteiger partial charge in [-0.15, -0.1) is 5.10 Å². The van der Waals surface area contributed by atoms with Crippen LogP contribution in [0.4, 0.5) is 0 Å². The molecule has 1 aliphatic heterocycles. The van der Waals surface area contributed by atoms with E-state index in [-0.39, 0.29) is 23.5 Å². The van der Waals surface area contributed by atoms with Crippen molar-refractivity contribution in [1.82, 2.24) is 24.8 Å². The Morgan fingerprint density at radius 1 is 1.22 bits per heavy atom. The van der Waals surface area contributed by atoms with Gasteiger partial charge in [0.15, 0.2) is 6.61 Å². The van der Waals surface area contributed by atoms with Gasteiger partial charge in [-0.1, -0.05) is 29.1 Å². The summed E-state index contributed by atoms with van der Waals surface area (Å²) in [6.45, 7) is 4.91. The molecule has 3 aromatic rings. The Balaban J connectivity index is 1.46. The monoisotopic (exact) mass is 459 g/mol. The highest BCUT2D eigenvalue weighted by atomic mass is 32.2. The Morgan fingerprint density at radius 2 is 1.97 bits per heavy atom. The molecule has 4 rings (SSSR count). The van der Waals surface area contributed by atoms with E-state index in [1.54, 1.807) is 6.07 Å². The standard InChI is InChI=1S/C21H25N5O5S/c1-15-5-3-4-6-18(15)16(2)22-21(27)14-31-26-20-13-17(7-8-19(20)23-24-26)32(28,29)25-9-11-30-12-10-25/h3-8,13,16H,9-12,14H2,1-2H3,(H,22,27). The second-order valence-corrected chi connectivity index (χ2v) is 9.49. The summed E-state index contributed by atoms with van der Waals surface area (Å²) in [5, 5.41) is 10.8. The van der Waals surface area contributed by atoms with Gasteiger partial charge in [-0.3, -0.25) is 4.79 Å². The number of nitrogens with one attached hydrogen (secondary N) is 1. The van der Waals surface area contributed by atoms with Crippen LogP contribution in [0.5, 0.6) is 0 Å². The molecule has 2 aromatic carbocycles. The van der Waals surface area contributed by atoms with Crippen molar-refractivity contribution in [3.63, 3.8) is 0 Å². The van der Waals surface area contributed by atoms with Crippen molar-refractivity contribution >= 4 is 27.0 Å². The molecule has 0 spiro atoms. The van der Waals surface area contributed by atoms with E-state index in [4.69, 9.17) is 9.57 Å². The van der Waals surface area contributed by atoms with Crippen LogP contribution < -0.4 is 10.2 Å². The van der Waals surface area contributed by atoms with Gasteiger partial charge in [-0.05, 0) is 48.4 Å². The molecule has 0 saturated carbocycles. The number of carbonyl (C=O) groups excluding carboxylic acids is 1. The summed E-state index contributed by atoms with van der Waals surface area (Å²) in [6, 6.07) is 12.1. The molecule has 1 amide bonds. The van der Waals surface area contributed by atoms with Crippen LogP contribution in [0, 0.1) is 6.92 Å². The van der Waals surface area contributed by atoms with E-state index >= 15 is 0 Å². The van der Waals surface area contributed by atoms with E-state index in [2.05, 4.69) is 15.6 Å². The minimum Gasteiger partial charge on any atom is -0.385 e. The summed E-state index contributed by atoms with van der Waals surface area (Å²) in [5.74, 6) is -0.332. The molecule has 32 heavy (non-hydrogen) atoms. The fourth-order valence-corrected chi connectivity index (χ4v) is 5.05. The quantitative estimate of drug-likeness (QED) is 0.562. The first-order valence-electron chi connectivity index (χ1n) is 10.3. The van der Waals surface area contributed by atoms with E-state index < -0.39 is 10.0 Å². The lowest BCUT2D eigenvalue weighted by atomic mass is 10.0. The van der Waals surface area contributed by atoms with Crippen LogP contribution in [0.25, 0.3) is 11.0 Å². The second-order valence-electron chi connectivity index (χ2n) is 7.55. The van der Waals surface area contributed by atoms with Gasteiger partial charge < -0.3 is 14.9 Å².